The monoisotopic (exact) mass is 402 g/mol. The quantitative estimate of drug-likeness (QED) is 0.534. The van der Waals surface area contributed by atoms with E-state index in [0.29, 0.717) is 23.5 Å². The van der Waals surface area contributed by atoms with Gasteiger partial charge in [0.1, 0.15) is 17.3 Å². The van der Waals surface area contributed by atoms with Crippen molar-refractivity contribution in [3.8, 4) is 22.5 Å². The van der Waals surface area contributed by atoms with Crippen molar-refractivity contribution in [2.75, 3.05) is 5.73 Å². The highest BCUT2D eigenvalue weighted by atomic mass is 19.1. The standard InChI is InChI=1S/C22H19FN6O/c1-29-13-16(11-27-29)19-12-25-21(24)20(28-19)15-7-8-17(18(23)9-15)22(30)26-10-14-5-3-2-4-6-14/h2-9,11-13H,10H2,1H3,(H2,24,25)(H,26,30). The second-order valence-corrected chi connectivity index (χ2v) is 6.75. The Hall–Kier alpha value is -4.07. The summed E-state index contributed by atoms with van der Waals surface area (Å²) >= 11 is 0. The van der Waals surface area contributed by atoms with Gasteiger partial charge >= 0.3 is 0 Å². The first kappa shape index (κ1) is 19.3. The van der Waals surface area contributed by atoms with E-state index in [1.807, 2.05) is 30.3 Å². The average molecular weight is 402 g/mol. The molecule has 0 radical (unpaired) electrons. The molecule has 2 aromatic heterocycles. The molecule has 3 N–H and O–H groups in total. The number of nitrogens with two attached hydrogens (primary N) is 1. The maximum absolute atomic E-state index is 14.7. The number of aryl methyl sites for hydroxylation is 1. The Morgan fingerprint density at radius 3 is 2.63 bits per heavy atom. The lowest BCUT2D eigenvalue weighted by atomic mass is 10.1. The zero-order valence-corrected chi connectivity index (χ0v) is 16.2. The van der Waals surface area contributed by atoms with Gasteiger partial charge in [0.15, 0.2) is 0 Å². The number of nitrogens with zero attached hydrogens (tertiary/aromatic N) is 4. The molecule has 30 heavy (non-hydrogen) atoms. The van der Waals surface area contributed by atoms with Crippen molar-refractivity contribution in [1.29, 1.82) is 0 Å². The van der Waals surface area contributed by atoms with Gasteiger partial charge in [0.25, 0.3) is 5.91 Å². The van der Waals surface area contributed by atoms with Crippen LogP contribution in [-0.4, -0.2) is 25.7 Å². The van der Waals surface area contributed by atoms with Gasteiger partial charge in [0.05, 0.1) is 23.7 Å². The number of carbonyl (C=O) groups is 1. The summed E-state index contributed by atoms with van der Waals surface area (Å²) in [5.41, 5.74) is 8.95. The Morgan fingerprint density at radius 2 is 1.93 bits per heavy atom. The fraction of sp³-hybridized carbons (Fsp3) is 0.0909. The molecule has 0 bridgehead atoms. The van der Waals surface area contributed by atoms with Crippen LogP contribution in [0.4, 0.5) is 10.2 Å². The molecule has 0 spiro atoms. The highest BCUT2D eigenvalue weighted by Gasteiger charge is 2.16. The smallest absolute Gasteiger partial charge is 0.254 e. The van der Waals surface area contributed by atoms with Crippen LogP contribution in [0, 0.1) is 5.82 Å². The normalized spacial score (nSPS) is 10.7. The number of hydrogen-bond donors (Lipinski definition) is 2. The van der Waals surface area contributed by atoms with Crippen molar-refractivity contribution in [2.24, 2.45) is 7.05 Å². The molecule has 7 nitrogen and oxygen atoms in total. The first-order valence-electron chi connectivity index (χ1n) is 9.25. The Kier molecular flexibility index (Phi) is 5.21. The average Bonchev–Trinajstić information content (AvgIpc) is 3.19. The summed E-state index contributed by atoms with van der Waals surface area (Å²) in [5.74, 6) is -0.986. The molecule has 0 unspecified atom stereocenters. The number of hydrogen-bond acceptors (Lipinski definition) is 5. The minimum Gasteiger partial charge on any atom is -0.382 e. The number of carbonyl (C=O) groups excluding carboxylic acids is 1. The molecule has 8 heteroatoms. The van der Waals surface area contributed by atoms with Crippen LogP contribution in [0.3, 0.4) is 0 Å². The predicted octanol–water partition coefficient (Wildman–Crippen LogP) is 3.20. The Morgan fingerprint density at radius 1 is 1.13 bits per heavy atom. The summed E-state index contributed by atoms with van der Waals surface area (Å²) < 4.78 is 16.4. The van der Waals surface area contributed by atoms with Crippen LogP contribution in [0.1, 0.15) is 15.9 Å². The summed E-state index contributed by atoms with van der Waals surface area (Å²) in [4.78, 5) is 21.1. The Labute approximate surface area is 172 Å². The van der Waals surface area contributed by atoms with Crippen LogP contribution >= 0.6 is 0 Å². The van der Waals surface area contributed by atoms with E-state index in [-0.39, 0.29) is 11.4 Å². The van der Waals surface area contributed by atoms with Gasteiger partial charge < -0.3 is 11.1 Å². The van der Waals surface area contributed by atoms with Gasteiger partial charge in [0.2, 0.25) is 0 Å². The third-order valence-corrected chi connectivity index (χ3v) is 4.58. The summed E-state index contributed by atoms with van der Waals surface area (Å²) in [6.45, 7) is 0.312. The molecule has 0 atom stereocenters. The number of rotatable bonds is 5. The second kappa shape index (κ2) is 8.12. The van der Waals surface area contributed by atoms with Gasteiger partial charge in [-0.2, -0.15) is 5.10 Å². The molecule has 4 aromatic rings. The summed E-state index contributed by atoms with van der Waals surface area (Å²) in [6.07, 6.45) is 4.99. The van der Waals surface area contributed by atoms with Gasteiger partial charge in [-0.3, -0.25) is 9.48 Å². The molecule has 0 fully saturated rings. The van der Waals surface area contributed by atoms with E-state index in [0.717, 1.165) is 11.1 Å². The molecule has 0 aliphatic rings. The van der Waals surface area contributed by atoms with Crippen LogP contribution in [-0.2, 0) is 13.6 Å². The number of nitrogen functional groups attached to an aromatic ring is 1. The Balaban J connectivity index is 1.58. The molecule has 2 heterocycles. The van der Waals surface area contributed by atoms with Gasteiger partial charge in [-0.1, -0.05) is 36.4 Å². The summed E-state index contributed by atoms with van der Waals surface area (Å²) in [5, 5.41) is 6.83. The largest absolute Gasteiger partial charge is 0.382 e. The van der Waals surface area contributed by atoms with Crippen molar-refractivity contribution in [3.05, 3.63) is 84.1 Å². The third kappa shape index (κ3) is 4.02. The van der Waals surface area contributed by atoms with E-state index >= 15 is 0 Å². The molecular formula is C22H19FN6O. The van der Waals surface area contributed by atoms with Crippen molar-refractivity contribution in [1.82, 2.24) is 25.1 Å². The van der Waals surface area contributed by atoms with Crippen molar-refractivity contribution in [2.45, 2.75) is 6.54 Å². The summed E-state index contributed by atoms with van der Waals surface area (Å²) in [7, 11) is 1.80. The molecule has 2 aromatic carbocycles. The minimum absolute atomic E-state index is 0.0513. The lowest BCUT2D eigenvalue weighted by molar-refractivity contribution is 0.0947. The van der Waals surface area contributed by atoms with Crippen LogP contribution in [0.5, 0.6) is 0 Å². The van der Waals surface area contributed by atoms with E-state index in [9.17, 15) is 9.18 Å². The molecular weight excluding hydrogens is 383 g/mol. The van der Waals surface area contributed by atoms with Gasteiger partial charge in [-0.25, -0.2) is 14.4 Å². The molecule has 0 saturated carbocycles. The van der Waals surface area contributed by atoms with Crippen molar-refractivity contribution < 1.29 is 9.18 Å². The predicted molar refractivity (Wildman–Crippen MR) is 112 cm³/mol. The highest BCUT2D eigenvalue weighted by Crippen LogP contribution is 2.27. The van der Waals surface area contributed by atoms with Gasteiger partial charge in [0, 0.05) is 30.9 Å². The first-order chi connectivity index (χ1) is 14.5. The van der Waals surface area contributed by atoms with Crippen LogP contribution in [0.2, 0.25) is 0 Å². The van der Waals surface area contributed by atoms with Crippen LogP contribution < -0.4 is 11.1 Å². The van der Waals surface area contributed by atoms with E-state index in [4.69, 9.17) is 5.73 Å². The lowest BCUT2D eigenvalue weighted by Gasteiger charge is -2.09. The number of amides is 1. The molecule has 0 saturated heterocycles. The maximum Gasteiger partial charge on any atom is 0.254 e. The Bertz CT molecular complexity index is 1210. The number of halogens is 1. The number of anilines is 1. The topological polar surface area (TPSA) is 98.7 Å². The lowest BCUT2D eigenvalue weighted by Crippen LogP contribution is -2.23. The van der Waals surface area contributed by atoms with E-state index in [1.54, 1.807) is 30.2 Å². The zero-order chi connectivity index (χ0) is 21.1. The van der Waals surface area contributed by atoms with Gasteiger partial charge in [-0.15, -0.1) is 0 Å². The minimum atomic E-state index is -0.661. The van der Waals surface area contributed by atoms with Crippen LogP contribution in [0.15, 0.2) is 67.1 Å². The summed E-state index contributed by atoms with van der Waals surface area (Å²) in [6, 6.07) is 13.7. The molecule has 150 valence electrons. The van der Waals surface area contributed by atoms with Crippen molar-refractivity contribution in [3.63, 3.8) is 0 Å². The number of aromatic nitrogens is 4. The molecule has 0 aliphatic heterocycles. The number of nitrogens with one attached hydrogen (secondary N) is 1. The fourth-order valence-corrected chi connectivity index (χ4v) is 3.02. The molecule has 1 amide bonds. The molecule has 0 aliphatic carbocycles. The number of benzene rings is 2. The van der Waals surface area contributed by atoms with Gasteiger partial charge in [-0.05, 0) is 17.7 Å². The SMILES string of the molecule is Cn1cc(-c2cnc(N)c(-c3ccc(C(=O)NCc4ccccc4)c(F)c3)n2)cn1. The fourth-order valence-electron chi connectivity index (χ4n) is 3.02. The van der Waals surface area contributed by atoms with E-state index in [1.165, 1.54) is 18.3 Å². The highest BCUT2D eigenvalue weighted by molar-refractivity contribution is 5.95. The maximum atomic E-state index is 14.7. The van der Waals surface area contributed by atoms with Crippen molar-refractivity contribution >= 4 is 11.7 Å². The zero-order valence-electron chi connectivity index (χ0n) is 16.2. The van der Waals surface area contributed by atoms with E-state index in [2.05, 4.69) is 20.4 Å². The second-order valence-electron chi connectivity index (χ2n) is 6.75. The van der Waals surface area contributed by atoms with E-state index < -0.39 is 11.7 Å². The first-order valence-corrected chi connectivity index (χ1v) is 9.25. The van der Waals surface area contributed by atoms with Crippen LogP contribution in [0.25, 0.3) is 22.5 Å². The molecule has 4 rings (SSSR count). The third-order valence-electron chi connectivity index (χ3n) is 4.58.